The number of aliphatic hydroxyl groups is 1. The lowest BCUT2D eigenvalue weighted by molar-refractivity contribution is -0.399. The third-order valence-corrected chi connectivity index (χ3v) is 3.22. The number of carbonyl (C=O) groups is 1. The minimum absolute atomic E-state index is 0.464. The van der Waals surface area contributed by atoms with E-state index in [9.17, 15) is 9.90 Å². The number of hydrogen-bond acceptors (Lipinski definition) is 4. The maximum atomic E-state index is 10.5. The Balaban J connectivity index is 0.000000165. The van der Waals surface area contributed by atoms with E-state index in [2.05, 4.69) is 4.89 Å². The predicted molar refractivity (Wildman–Crippen MR) is 59.8 cm³/mol. The van der Waals surface area contributed by atoms with Crippen molar-refractivity contribution in [2.75, 3.05) is 0 Å². The Morgan fingerprint density at radius 3 is 1.75 bits per heavy atom. The summed E-state index contributed by atoms with van der Waals surface area (Å²) in [6.07, 6.45) is 9.37. The first-order valence-electron chi connectivity index (χ1n) is 6.23. The Labute approximate surface area is 96.5 Å². The molecule has 0 aromatic heterocycles. The number of carbonyl (C=O) groups excluding carboxylic acids is 1. The highest BCUT2D eigenvalue weighted by molar-refractivity contribution is 5.78. The van der Waals surface area contributed by atoms with Crippen LogP contribution in [0.25, 0.3) is 0 Å². The third-order valence-electron chi connectivity index (χ3n) is 3.22. The van der Waals surface area contributed by atoms with E-state index in [1.54, 1.807) is 0 Å². The molecule has 2 N–H and O–H groups in total. The summed E-state index contributed by atoms with van der Waals surface area (Å²) in [5.74, 6) is -0.760. The van der Waals surface area contributed by atoms with Gasteiger partial charge < -0.3 is 5.11 Å². The molecule has 16 heavy (non-hydrogen) atoms. The van der Waals surface area contributed by atoms with Gasteiger partial charge >= 0.3 is 0 Å². The molecule has 2 fully saturated rings. The largest absolute Gasteiger partial charge is 0.363 e. The number of hydrogen-bond donors (Lipinski definition) is 2. The summed E-state index contributed by atoms with van der Waals surface area (Å²) in [5.41, 5.74) is 0. The average Bonchev–Trinajstić information content (AvgIpc) is 2.32. The molecular weight excluding hydrogens is 208 g/mol. The van der Waals surface area contributed by atoms with Crippen LogP contribution in [-0.2, 0) is 9.68 Å². The fraction of sp³-hybridized carbons (Fsp3) is 0.917. The Hall–Kier alpha value is -0.450. The van der Waals surface area contributed by atoms with Crippen molar-refractivity contribution in [2.45, 2.75) is 70.0 Å². The van der Waals surface area contributed by atoms with Gasteiger partial charge in [0.15, 0.2) is 5.79 Å². The summed E-state index contributed by atoms with van der Waals surface area (Å²) < 4.78 is 0. The molecule has 0 heterocycles. The smallest absolute Gasteiger partial charge is 0.198 e. The van der Waals surface area contributed by atoms with Gasteiger partial charge in [0.1, 0.15) is 5.78 Å². The van der Waals surface area contributed by atoms with Crippen LogP contribution in [0.4, 0.5) is 0 Å². The summed E-state index contributed by atoms with van der Waals surface area (Å²) >= 11 is 0. The van der Waals surface area contributed by atoms with Crippen LogP contribution in [0.5, 0.6) is 0 Å². The van der Waals surface area contributed by atoms with Crippen molar-refractivity contribution < 1.29 is 20.0 Å². The first-order chi connectivity index (χ1) is 7.66. The molecule has 4 heteroatoms. The summed E-state index contributed by atoms with van der Waals surface area (Å²) in [6.45, 7) is 0. The van der Waals surface area contributed by atoms with Gasteiger partial charge in [0, 0.05) is 25.7 Å². The van der Waals surface area contributed by atoms with Crippen molar-refractivity contribution in [1.82, 2.24) is 0 Å². The normalized spacial score (nSPS) is 24.5. The van der Waals surface area contributed by atoms with Gasteiger partial charge in [-0.2, -0.15) is 0 Å². The Kier molecular flexibility index (Phi) is 5.95. The maximum Gasteiger partial charge on any atom is 0.198 e. The molecule has 0 saturated heterocycles. The number of rotatable bonds is 1. The molecule has 2 rings (SSSR count). The van der Waals surface area contributed by atoms with E-state index >= 15 is 0 Å². The van der Waals surface area contributed by atoms with Crippen LogP contribution < -0.4 is 0 Å². The maximum absolute atomic E-state index is 10.5. The van der Waals surface area contributed by atoms with E-state index in [-0.39, 0.29) is 0 Å². The summed E-state index contributed by atoms with van der Waals surface area (Å²) in [7, 11) is 0. The summed E-state index contributed by atoms with van der Waals surface area (Å²) in [6, 6.07) is 0. The molecule has 0 aromatic rings. The zero-order valence-electron chi connectivity index (χ0n) is 9.78. The van der Waals surface area contributed by atoms with Gasteiger partial charge in [-0.15, -0.1) is 0 Å². The van der Waals surface area contributed by atoms with Crippen LogP contribution in [0.15, 0.2) is 0 Å². The minimum atomic E-state index is -1.22. The van der Waals surface area contributed by atoms with Crippen molar-refractivity contribution >= 4 is 5.78 Å². The molecule has 0 aromatic carbocycles. The lowest BCUT2D eigenvalue weighted by Gasteiger charge is -2.27. The predicted octanol–water partition coefficient (Wildman–Crippen LogP) is 2.65. The van der Waals surface area contributed by atoms with E-state index < -0.39 is 5.79 Å². The van der Waals surface area contributed by atoms with Gasteiger partial charge in [-0.1, -0.05) is 12.8 Å². The summed E-state index contributed by atoms with van der Waals surface area (Å²) in [4.78, 5) is 14.4. The van der Waals surface area contributed by atoms with E-state index in [1.807, 2.05) is 0 Å². The molecule has 2 aliphatic carbocycles. The van der Waals surface area contributed by atoms with Crippen LogP contribution in [-0.4, -0.2) is 21.9 Å². The van der Waals surface area contributed by atoms with Crippen molar-refractivity contribution in [2.24, 2.45) is 0 Å². The number of Topliss-reactive ketones (excluding diaryl/α,β-unsaturated/α-hetero) is 1. The van der Waals surface area contributed by atoms with E-state index in [1.165, 1.54) is 6.42 Å². The van der Waals surface area contributed by atoms with Gasteiger partial charge in [0.25, 0.3) is 0 Å². The van der Waals surface area contributed by atoms with Crippen molar-refractivity contribution in [3.8, 4) is 0 Å². The molecule has 0 atom stereocenters. The first-order valence-corrected chi connectivity index (χ1v) is 6.23. The minimum Gasteiger partial charge on any atom is -0.363 e. The second-order valence-corrected chi connectivity index (χ2v) is 4.70. The Morgan fingerprint density at radius 2 is 1.44 bits per heavy atom. The first kappa shape index (κ1) is 13.6. The quantitative estimate of drug-likeness (QED) is 0.413. The van der Waals surface area contributed by atoms with Gasteiger partial charge in [0.05, 0.1) is 0 Å². The van der Waals surface area contributed by atoms with E-state index in [0.717, 1.165) is 44.9 Å². The fourth-order valence-electron chi connectivity index (χ4n) is 2.14. The molecule has 2 aliphatic rings. The highest BCUT2D eigenvalue weighted by atomic mass is 17.1. The van der Waals surface area contributed by atoms with Crippen LogP contribution >= 0.6 is 0 Å². The van der Waals surface area contributed by atoms with Crippen molar-refractivity contribution in [3.05, 3.63) is 0 Å². The standard InChI is InChI=1S/C6H12O3.C6H10O/c7-6(9-8)4-2-1-3-5-6;7-6-4-2-1-3-5-6/h7-8H,1-5H2;1-5H2. The zero-order chi connectivity index (χ0) is 11.9. The molecule has 94 valence electrons. The van der Waals surface area contributed by atoms with Crippen LogP contribution in [0.1, 0.15) is 64.2 Å². The van der Waals surface area contributed by atoms with Gasteiger partial charge in [-0.25, -0.2) is 10.1 Å². The molecule has 0 radical (unpaired) electrons. The molecule has 4 nitrogen and oxygen atoms in total. The van der Waals surface area contributed by atoms with Gasteiger partial charge in [0.2, 0.25) is 0 Å². The molecule has 2 saturated carbocycles. The highest BCUT2D eigenvalue weighted by Crippen LogP contribution is 2.27. The summed E-state index contributed by atoms with van der Waals surface area (Å²) in [5, 5.41) is 17.4. The molecule has 0 spiro atoms. The van der Waals surface area contributed by atoms with Crippen molar-refractivity contribution in [3.63, 3.8) is 0 Å². The van der Waals surface area contributed by atoms with Crippen molar-refractivity contribution in [1.29, 1.82) is 0 Å². The fourth-order valence-corrected chi connectivity index (χ4v) is 2.14. The van der Waals surface area contributed by atoms with Crippen LogP contribution in [0.2, 0.25) is 0 Å². The molecule has 0 bridgehead atoms. The van der Waals surface area contributed by atoms with Gasteiger partial charge in [-0.05, 0) is 25.7 Å². The lowest BCUT2D eigenvalue weighted by Crippen LogP contribution is -2.33. The van der Waals surface area contributed by atoms with E-state index in [4.69, 9.17) is 5.26 Å². The molecule has 0 aliphatic heterocycles. The van der Waals surface area contributed by atoms with Crippen LogP contribution in [0, 0.1) is 0 Å². The monoisotopic (exact) mass is 230 g/mol. The molecular formula is C12H22O4. The zero-order valence-corrected chi connectivity index (χ0v) is 9.78. The lowest BCUT2D eigenvalue weighted by atomic mass is 9.95. The van der Waals surface area contributed by atoms with Crippen LogP contribution in [0.3, 0.4) is 0 Å². The number of ketones is 1. The highest BCUT2D eigenvalue weighted by Gasteiger charge is 2.30. The second-order valence-electron chi connectivity index (χ2n) is 4.70. The Bertz CT molecular complexity index is 201. The van der Waals surface area contributed by atoms with E-state index in [0.29, 0.717) is 18.6 Å². The average molecular weight is 230 g/mol. The Morgan fingerprint density at radius 1 is 0.938 bits per heavy atom. The topological polar surface area (TPSA) is 66.8 Å². The molecule has 0 unspecified atom stereocenters. The third kappa shape index (κ3) is 5.05. The van der Waals surface area contributed by atoms with Gasteiger partial charge in [-0.3, -0.25) is 4.79 Å². The second kappa shape index (κ2) is 6.99. The SMILES string of the molecule is O=C1CCCCC1.OOC1(O)CCCCC1. The molecule has 0 amide bonds.